The maximum Gasteiger partial charge on any atom is 0.261 e. The number of hydrogen-bond donors (Lipinski definition) is 2. The van der Waals surface area contributed by atoms with Crippen LogP contribution in [0.5, 0.6) is 0 Å². The van der Waals surface area contributed by atoms with Crippen LogP contribution < -0.4 is 10.0 Å². The molecule has 1 atom stereocenters. The molecule has 0 aliphatic carbocycles. The van der Waals surface area contributed by atoms with Crippen LogP contribution in [-0.2, 0) is 10.0 Å². The summed E-state index contributed by atoms with van der Waals surface area (Å²) < 4.78 is 32.7. The molecule has 3 aromatic rings. The molecular weight excluding hydrogens is 364 g/mol. The van der Waals surface area contributed by atoms with Crippen molar-refractivity contribution in [2.24, 2.45) is 0 Å². The highest BCUT2D eigenvalue weighted by Crippen LogP contribution is 2.18. The van der Waals surface area contributed by atoms with E-state index < -0.39 is 10.0 Å². The highest BCUT2D eigenvalue weighted by Gasteiger charge is 2.17. The summed E-state index contributed by atoms with van der Waals surface area (Å²) in [4.78, 5) is 12.4. The van der Waals surface area contributed by atoms with Crippen LogP contribution in [0.25, 0.3) is 0 Å². The van der Waals surface area contributed by atoms with Gasteiger partial charge < -0.3 is 9.73 Å². The van der Waals surface area contributed by atoms with Gasteiger partial charge in [0, 0.05) is 11.3 Å². The van der Waals surface area contributed by atoms with Gasteiger partial charge in [0.1, 0.15) is 5.76 Å². The maximum absolute atomic E-state index is 12.5. The second-order valence-corrected chi connectivity index (χ2v) is 7.89. The van der Waals surface area contributed by atoms with Crippen LogP contribution in [0, 0.1) is 6.92 Å². The zero-order chi connectivity index (χ0) is 19.4. The van der Waals surface area contributed by atoms with E-state index >= 15 is 0 Å². The summed E-state index contributed by atoms with van der Waals surface area (Å²) in [6.45, 7) is 3.73. The van der Waals surface area contributed by atoms with E-state index in [0.717, 1.165) is 5.56 Å². The van der Waals surface area contributed by atoms with Crippen molar-refractivity contribution in [2.45, 2.75) is 24.8 Å². The van der Waals surface area contributed by atoms with Gasteiger partial charge in [-0.1, -0.05) is 17.7 Å². The van der Waals surface area contributed by atoms with Crippen LogP contribution in [-0.4, -0.2) is 14.3 Å². The Morgan fingerprint density at radius 3 is 2.26 bits per heavy atom. The Hall–Kier alpha value is -3.06. The summed E-state index contributed by atoms with van der Waals surface area (Å²) in [5, 5.41) is 2.80. The number of sulfonamides is 1. The highest BCUT2D eigenvalue weighted by atomic mass is 32.2. The van der Waals surface area contributed by atoms with Gasteiger partial charge in [0.15, 0.2) is 0 Å². The maximum atomic E-state index is 12.5. The molecule has 27 heavy (non-hydrogen) atoms. The molecular formula is C20H20N2O4S. The minimum absolute atomic E-state index is 0.0821. The lowest BCUT2D eigenvalue weighted by atomic mass is 10.2. The van der Waals surface area contributed by atoms with E-state index in [1.54, 1.807) is 37.5 Å². The summed E-state index contributed by atoms with van der Waals surface area (Å²) in [7, 11) is -3.72. The van der Waals surface area contributed by atoms with Gasteiger partial charge in [-0.05, 0) is 62.4 Å². The molecule has 140 valence electrons. The SMILES string of the molecule is Cc1ccc(NS(=O)(=O)c2ccc(C(=O)N[C@H](C)c3ccco3)cc2)cc1. The lowest BCUT2D eigenvalue weighted by Crippen LogP contribution is -2.26. The quantitative estimate of drug-likeness (QED) is 0.675. The Kier molecular flexibility index (Phi) is 5.32. The molecule has 0 aliphatic rings. The van der Waals surface area contributed by atoms with E-state index in [2.05, 4.69) is 10.0 Å². The van der Waals surface area contributed by atoms with Crippen LogP contribution >= 0.6 is 0 Å². The predicted molar refractivity (Wildman–Crippen MR) is 103 cm³/mol. The molecule has 0 fully saturated rings. The third-order valence-electron chi connectivity index (χ3n) is 4.05. The molecule has 3 rings (SSSR count). The van der Waals surface area contributed by atoms with Gasteiger partial charge in [-0.25, -0.2) is 8.42 Å². The van der Waals surface area contributed by atoms with Gasteiger partial charge in [0.05, 0.1) is 17.2 Å². The van der Waals surface area contributed by atoms with Crippen LogP contribution in [0.4, 0.5) is 5.69 Å². The fraction of sp³-hybridized carbons (Fsp3) is 0.150. The average molecular weight is 384 g/mol. The van der Waals surface area contributed by atoms with E-state index in [1.807, 2.05) is 19.1 Å². The number of amides is 1. The van der Waals surface area contributed by atoms with Crippen molar-refractivity contribution in [2.75, 3.05) is 4.72 Å². The van der Waals surface area contributed by atoms with Crippen LogP contribution in [0.1, 0.15) is 34.6 Å². The molecule has 2 N–H and O–H groups in total. The van der Waals surface area contributed by atoms with Crippen molar-refractivity contribution >= 4 is 21.6 Å². The smallest absolute Gasteiger partial charge is 0.261 e. The van der Waals surface area contributed by atoms with Gasteiger partial charge in [0.2, 0.25) is 0 Å². The van der Waals surface area contributed by atoms with E-state index in [-0.39, 0.29) is 16.8 Å². The van der Waals surface area contributed by atoms with Crippen molar-refractivity contribution in [1.29, 1.82) is 0 Å². The zero-order valence-electron chi connectivity index (χ0n) is 15.0. The number of carbonyl (C=O) groups excluding carboxylic acids is 1. The molecule has 2 aromatic carbocycles. The Balaban J connectivity index is 1.70. The van der Waals surface area contributed by atoms with E-state index in [1.165, 1.54) is 24.3 Å². The third-order valence-corrected chi connectivity index (χ3v) is 5.45. The van der Waals surface area contributed by atoms with E-state index in [4.69, 9.17) is 4.42 Å². The number of rotatable bonds is 6. The van der Waals surface area contributed by atoms with Gasteiger partial charge >= 0.3 is 0 Å². The second-order valence-electron chi connectivity index (χ2n) is 6.21. The van der Waals surface area contributed by atoms with Gasteiger partial charge in [-0.15, -0.1) is 0 Å². The van der Waals surface area contributed by atoms with Crippen molar-refractivity contribution in [1.82, 2.24) is 5.32 Å². The number of nitrogens with one attached hydrogen (secondary N) is 2. The van der Waals surface area contributed by atoms with Crippen molar-refractivity contribution < 1.29 is 17.6 Å². The summed E-state index contributed by atoms with van der Waals surface area (Å²) >= 11 is 0. The Morgan fingerprint density at radius 1 is 1.00 bits per heavy atom. The standard InChI is InChI=1S/C20H20N2O4S/c1-14-5-9-17(10-6-14)22-27(24,25)18-11-7-16(8-12-18)20(23)21-15(2)19-4-3-13-26-19/h3-13,15,22H,1-2H3,(H,21,23)/t15-/m1/s1. The molecule has 0 spiro atoms. The van der Waals surface area contributed by atoms with Gasteiger partial charge in [-0.2, -0.15) is 0 Å². The minimum atomic E-state index is -3.72. The molecule has 1 heterocycles. The number of carbonyl (C=O) groups is 1. The lowest BCUT2D eigenvalue weighted by Gasteiger charge is -2.12. The fourth-order valence-corrected chi connectivity index (χ4v) is 3.57. The summed E-state index contributed by atoms with van der Waals surface area (Å²) in [6.07, 6.45) is 1.54. The third kappa shape index (κ3) is 4.57. The topological polar surface area (TPSA) is 88.4 Å². The van der Waals surface area contributed by atoms with Crippen molar-refractivity contribution in [3.8, 4) is 0 Å². The average Bonchev–Trinajstić information content (AvgIpc) is 3.18. The molecule has 0 bridgehead atoms. The first kappa shape index (κ1) is 18.7. The van der Waals surface area contributed by atoms with Crippen molar-refractivity contribution in [3.63, 3.8) is 0 Å². The molecule has 0 saturated carbocycles. The zero-order valence-corrected chi connectivity index (χ0v) is 15.8. The number of hydrogen-bond acceptors (Lipinski definition) is 4. The number of furan rings is 1. The first-order valence-electron chi connectivity index (χ1n) is 8.39. The van der Waals surface area contributed by atoms with Gasteiger partial charge in [0.25, 0.3) is 15.9 Å². The summed E-state index contributed by atoms with van der Waals surface area (Å²) in [5.41, 5.74) is 1.88. The minimum Gasteiger partial charge on any atom is -0.467 e. The molecule has 0 radical (unpaired) electrons. The number of benzene rings is 2. The molecule has 7 heteroatoms. The molecule has 1 aromatic heterocycles. The molecule has 0 unspecified atom stereocenters. The fourth-order valence-electron chi connectivity index (χ4n) is 2.51. The Morgan fingerprint density at radius 2 is 1.67 bits per heavy atom. The Labute approximate surface area is 158 Å². The monoisotopic (exact) mass is 384 g/mol. The number of aryl methyl sites for hydroxylation is 1. The summed E-state index contributed by atoms with van der Waals surface area (Å²) in [6, 6.07) is 16.1. The molecule has 0 aliphatic heterocycles. The summed E-state index contributed by atoms with van der Waals surface area (Å²) in [5.74, 6) is 0.333. The molecule has 6 nitrogen and oxygen atoms in total. The lowest BCUT2D eigenvalue weighted by molar-refractivity contribution is 0.0935. The van der Waals surface area contributed by atoms with Crippen LogP contribution in [0.15, 0.2) is 76.2 Å². The van der Waals surface area contributed by atoms with Crippen molar-refractivity contribution in [3.05, 3.63) is 83.8 Å². The van der Waals surface area contributed by atoms with E-state index in [9.17, 15) is 13.2 Å². The molecule has 0 saturated heterocycles. The largest absolute Gasteiger partial charge is 0.467 e. The number of anilines is 1. The highest BCUT2D eigenvalue weighted by molar-refractivity contribution is 7.92. The predicted octanol–water partition coefficient (Wildman–Crippen LogP) is 3.88. The Bertz CT molecular complexity index is 1010. The first-order valence-corrected chi connectivity index (χ1v) is 9.87. The second kappa shape index (κ2) is 7.67. The van der Waals surface area contributed by atoms with Crippen LogP contribution in [0.3, 0.4) is 0 Å². The normalized spacial score (nSPS) is 12.4. The molecule has 1 amide bonds. The first-order chi connectivity index (χ1) is 12.8. The van der Waals surface area contributed by atoms with Gasteiger partial charge in [-0.3, -0.25) is 9.52 Å². The van der Waals surface area contributed by atoms with Crippen LogP contribution in [0.2, 0.25) is 0 Å². The van der Waals surface area contributed by atoms with E-state index in [0.29, 0.717) is 17.0 Å².